The monoisotopic (exact) mass is 603 g/mol. The highest BCUT2D eigenvalue weighted by Gasteiger charge is 2.22. The number of rotatable bonds is 13. The van der Waals surface area contributed by atoms with Crippen molar-refractivity contribution in [1.29, 1.82) is 0 Å². The second kappa shape index (κ2) is 21.1. The molecule has 1 aliphatic rings. The molecule has 0 spiro atoms. The van der Waals surface area contributed by atoms with E-state index in [1.807, 2.05) is 26.2 Å². The second-order valence-corrected chi connectivity index (χ2v) is 10.3. The minimum absolute atomic E-state index is 0.312. The number of nitrogens with one attached hydrogen (secondary N) is 3. The maximum Gasteiger partial charge on any atom is 0.213 e. The summed E-state index contributed by atoms with van der Waals surface area (Å²) in [5.74, 6) is 1.41. The van der Waals surface area contributed by atoms with E-state index in [1.54, 1.807) is 17.6 Å². The third kappa shape index (κ3) is 13.7. The molecule has 1 aromatic heterocycles. The Morgan fingerprint density at radius 2 is 1.87 bits per heavy atom. The molecule has 1 saturated heterocycles. The summed E-state index contributed by atoms with van der Waals surface area (Å²) >= 11 is 3.79. The Morgan fingerprint density at radius 3 is 2.41 bits per heavy atom. The van der Waals surface area contributed by atoms with Gasteiger partial charge in [-0.3, -0.25) is 9.59 Å². The van der Waals surface area contributed by atoms with Crippen molar-refractivity contribution in [2.75, 3.05) is 38.7 Å². The number of nitrogens with zero attached hydrogens (tertiary/aromatic N) is 2. The molecular formula is C30H46BrN5O3. The molecule has 3 rings (SSSR count). The van der Waals surface area contributed by atoms with Crippen LogP contribution in [0.2, 0.25) is 0 Å². The van der Waals surface area contributed by atoms with E-state index in [-0.39, 0.29) is 0 Å². The van der Waals surface area contributed by atoms with Gasteiger partial charge in [0.1, 0.15) is 0 Å². The molecule has 0 saturated carbocycles. The first-order valence-electron chi connectivity index (χ1n) is 13.6. The summed E-state index contributed by atoms with van der Waals surface area (Å²) in [4.78, 5) is 25.0. The van der Waals surface area contributed by atoms with Gasteiger partial charge in [0, 0.05) is 53.7 Å². The van der Waals surface area contributed by atoms with E-state index < -0.39 is 0 Å². The van der Waals surface area contributed by atoms with Gasteiger partial charge in [-0.2, -0.15) is 0 Å². The standard InChI is InChI=1S/C26H36BrN3O.C2H3NO2.C2H7N/c1-4-7-20(3)28-19-23-24(27)8-6-9-25(23)30-15-12-22(13-16-30)14-17-31-26-11-10-21(5-2)18-29-26;4-1-3-2-5;1-3-2/h5-6,8-11,18,20,22,28H,2,4,7,12-17,19H2,1,3H3;1-2H,(H,3,4,5);3H,1-2H3. The number of carbonyl (C=O) groups excluding carboxylic acids is 2. The fourth-order valence-corrected chi connectivity index (χ4v) is 4.74. The van der Waals surface area contributed by atoms with Crippen molar-refractivity contribution in [3.8, 4) is 5.88 Å². The van der Waals surface area contributed by atoms with Gasteiger partial charge >= 0.3 is 0 Å². The molecule has 1 aromatic carbocycles. The lowest BCUT2D eigenvalue weighted by Crippen LogP contribution is -2.35. The normalized spacial score (nSPS) is 13.6. The van der Waals surface area contributed by atoms with Gasteiger partial charge < -0.3 is 25.6 Å². The molecule has 9 heteroatoms. The molecule has 2 heterocycles. The number of halogens is 1. The van der Waals surface area contributed by atoms with Gasteiger partial charge in [-0.15, -0.1) is 0 Å². The summed E-state index contributed by atoms with van der Waals surface area (Å²) in [6.07, 6.45) is 10.1. The summed E-state index contributed by atoms with van der Waals surface area (Å²) in [6, 6.07) is 11.0. The van der Waals surface area contributed by atoms with Gasteiger partial charge in [0.25, 0.3) is 0 Å². The van der Waals surface area contributed by atoms with Crippen LogP contribution in [0.3, 0.4) is 0 Å². The molecule has 8 nitrogen and oxygen atoms in total. The fourth-order valence-electron chi connectivity index (χ4n) is 4.25. The summed E-state index contributed by atoms with van der Waals surface area (Å²) in [5.41, 5.74) is 3.76. The van der Waals surface area contributed by atoms with Crippen molar-refractivity contribution in [1.82, 2.24) is 20.9 Å². The molecular weight excluding hydrogens is 558 g/mol. The lowest BCUT2D eigenvalue weighted by Gasteiger charge is -2.35. The number of aromatic nitrogens is 1. The SMILES string of the molecule is C=Cc1ccc(OCCC2CCN(c3cccc(Br)c3CNC(C)CCC)CC2)nc1.CNC.O=CNC=O. The van der Waals surface area contributed by atoms with Gasteiger partial charge in [-0.25, -0.2) is 4.98 Å². The van der Waals surface area contributed by atoms with Crippen molar-refractivity contribution >= 4 is 40.5 Å². The second-order valence-electron chi connectivity index (χ2n) is 9.41. The van der Waals surface area contributed by atoms with Gasteiger partial charge in [0.2, 0.25) is 18.7 Å². The van der Waals surface area contributed by atoms with E-state index in [0.717, 1.165) is 38.2 Å². The van der Waals surface area contributed by atoms with E-state index in [1.165, 1.54) is 41.4 Å². The Hall–Kier alpha value is -2.75. The van der Waals surface area contributed by atoms with Crippen LogP contribution in [0.5, 0.6) is 5.88 Å². The highest BCUT2D eigenvalue weighted by molar-refractivity contribution is 9.10. The molecule has 39 heavy (non-hydrogen) atoms. The maximum atomic E-state index is 9.06. The van der Waals surface area contributed by atoms with Crippen LogP contribution in [-0.2, 0) is 16.1 Å². The van der Waals surface area contributed by atoms with E-state index >= 15 is 0 Å². The Labute approximate surface area is 243 Å². The van der Waals surface area contributed by atoms with Crippen LogP contribution in [0.4, 0.5) is 5.69 Å². The van der Waals surface area contributed by atoms with Crippen LogP contribution >= 0.6 is 15.9 Å². The van der Waals surface area contributed by atoms with E-state index in [4.69, 9.17) is 14.3 Å². The number of benzene rings is 1. The van der Waals surface area contributed by atoms with Crippen LogP contribution in [0, 0.1) is 5.92 Å². The quantitative estimate of drug-likeness (QED) is 0.272. The van der Waals surface area contributed by atoms with Crippen molar-refractivity contribution in [2.24, 2.45) is 5.92 Å². The molecule has 1 fully saturated rings. The molecule has 0 bridgehead atoms. The molecule has 3 N–H and O–H groups in total. The zero-order valence-corrected chi connectivity index (χ0v) is 25.5. The predicted octanol–water partition coefficient (Wildman–Crippen LogP) is 5.18. The first-order chi connectivity index (χ1) is 18.9. The van der Waals surface area contributed by atoms with E-state index in [2.05, 4.69) is 75.1 Å². The lowest BCUT2D eigenvalue weighted by atomic mass is 9.93. The van der Waals surface area contributed by atoms with E-state index in [0.29, 0.717) is 30.7 Å². The number of imide groups is 1. The number of ether oxygens (including phenoxy) is 1. The van der Waals surface area contributed by atoms with Crippen molar-refractivity contribution < 1.29 is 14.3 Å². The summed E-state index contributed by atoms with van der Waals surface area (Å²) in [6.45, 7) is 12.1. The van der Waals surface area contributed by atoms with Crippen LogP contribution in [0.25, 0.3) is 6.08 Å². The Morgan fingerprint density at radius 1 is 1.18 bits per heavy atom. The number of piperidine rings is 1. The number of pyridine rings is 1. The van der Waals surface area contributed by atoms with Crippen LogP contribution in [-0.4, -0.2) is 57.6 Å². The third-order valence-corrected chi connectivity index (χ3v) is 7.05. The third-order valence-electron chi connectivity index (χ3n) is 6.31. The van der Waals surface area contributed by atoms with Crippen LogP contribution in [0.15, 0.2) is 47.6 Å². The molecule has 1 aliphatic heterocycles. The average molecular weight is 605 g/mol. The molecule has 2 aromatic rings. The summed E-state index contributed by atoms with van der Waals surface area (Å²) in [5, 5.41) is 8.19. The van der Waals surface area contributed by atoms with Crippen molar-refractivity contribution in [3.05, 3.63) is 58.7 Å². The van der Waals surface area contributed by atoms with Crippen molar-refractivity contribution in [2.45, 2.75) is 58.5 Å². The number of hydrogen-bond acceptors (Lipinski definition) is 7. The van der Waals surface area contributed by atoms with Gasteiger partial charge in [0.05, 0.1) is 6.61 Å². The average Bonchev–Trinajstić information content (AvgIpc) is 2.94. The molecule has 1 unspecified atom stereocenters. The molecule has 0 aliphatic carbocycles. The number of hydrogen-bond donors (Lipinski definition) is 3. The van der Waals surface area contributed by atoms with Gasteiger partial charge in [-0.1, -0.05) is 48.0 Å². The highest BCUT2D eigenvalue weighted by Crippen LogP contribution is 2.32. The minimum atomic E-state index is 0.312. The largest absolute Gasteiger partial charge is 0.478 e. The predicted molar refractivity (Wildman–Crippen MR) is 165 cm³/mol. The number of carbonyl (C=O) groups is 2. The highest BCUT2D eigenvalue weighted by atomic mass is 79.9. The zero-order valence-electron chi connectivity index (χ0n) is 23.9. The van der Waals surface area contributed by atoms with Crippen LogP contribution < -0.4 is 25.6 Å². The van der Waals surface area contributed by atoms with Gasteiger partial charge in [-0.05, 0) is 76.4 Å². The molecule has 216 valence electrons. The maximum absolute atomic E-state index is 9.06. The van der Waals surface area contributed by atoms with Crippen LogP contribution in [0.1, 0.15) is 57.1 Å². The smallest absolute Gasteiger partial charge is 0.213 e. The Kier molecular flexibility index (Phi) is 18.6. The first-order valence-corrected chi connectivity index (χ1v) is 14.4. The topological polar surface area (TPSA) is 95.6 Å². The van der Waals surface area contributed by atoms with Crippen molar-refractivity contribution in [3.63, 3.8) is 0 Å². The molecule has 2 amide bonds. The number of amides is 2. The first kappa shape index (κ1) is 34.3. The van der Waals surface area contributed by atoms with E-state index in [9.17, 15) is 0 Å². The lowest BCUT2D eigenvalue weighted by molar-refractivity contribution is -0.117. The Bertz CT molecular complexity index is 944. The summed E-state index contributed by atoms with van der Waals surface area (Å²) in [7, 11) is 3.75. The minimum Gasteiger partial charge on any atom is -0.478 e. The zero-order chi connectivity index (χ0) is 28.9. The number of anilines is 1. The fraction of sp³-hybridized carbons (Fsp3) is 0.500. The Balaban J connectivity index is 0.000000838. The molecule has 0 radical (unpaired) electrons. The van der Waals surface area contributed by atoms with Gasteiger partial charge in [0.15, 0.2) is 0 Å². The molecule has 1 atom stereocenters. The summed E-state index contributed by atoms with van der Waals surface area (Å²) < 4.78 is 7.06.